The second kappa shape index (κ2) is 3.65. The number of nitrogens with two attached hydrogens (primary N) is 1. The van der Waals surface area contributed by atoms with Gasteiger partial charge < -0.3 is 5.73 Å². The number of hydrogen-bond donors (Lipinski definition) is 1. The van der Waals surface area contributed by atoms with Crippen molar-refractivity contribution in [3.05, 3.63) is 29.3 Å². The summed E-state index contributed by atoms with van der Waals surface area (Å²) in [5, 5.41) is 0. The van der Waals surface area contributed by atoms with Gasteiger partial charge in [-0.15, -0.1) is 6.42 Å². The highest BCUT2D eigenvalue weighted by molar-refractivity contribution is 6.11. The van der Waals surface area contributed by atoms with Gasteiger partial charge in [-0.25, -0.2) is 0 Å². The van der Waals surface area contributed by atoms with Gasteiger partial charge >= 0.3 is 6.18 Å². The van der Waals surface area contributed by atoms with Crippen LogP contribution >= 0.6 is 0 Å². The van der Waals surface area contributed by atoms with Gasteiger partial charge in [-0.1, -0.05) is 0 Å². The third-order valence-corrected chi connectivity index (χ3v) is 1.76. The van der Waals surface area contributed by atoms with E-state index in [0.29, 0.717) is 6.07 Å². The maximum absolute atomic E-state index is 12.3. The minimum atomic E-state index is -4.52. The number of carbonyl (C=O) groups is 1. The van der Waals surface area contributed by atoms with Crippen LogP contribution in [-0.4, -0.2) is 5.78 Å². The standard InChI is InChI=1S/C10H6F3NO/c1-2-9(15)7-5-6(10(11,12)13)3-4-8(7)14/h1,3-5H,14H2. The van der Waals surface area contributed by atoms with Crippen molar-refractivity contribution in [2.75, 3.05) is 5.73 Å². The van der Waals surface area contributed by atoms with Gasteiger partial charge in [0.15, 0.2) is 0 Å². The number of rotatable bonds is 1. The van der Waals surface area contributed by atoms with Crippen LogP contribution in [0, 0.1) is 12.3 Å². The molecule has 2 N–H and O–H groups in total. The predicted octanol–water partition coefficient (Wildman–Crippen LogP) is 2.10. The molecule has 0 aliphatic carbocycles. The SMILES string of the molecule is C#CC(=O)c1cc(C(F)(F)F)ccc1N. The molecule has 15 heavy (non-hydrogen) atoms. The van der Waals surface area contributed by atoms with Crippen LogP contribution in [0.15, 0.2) is 18.2 Å². The smallest absolute Gasteiger partial charge is 0.398 e. The van der Waals surface area contributed by atoms with Crippen LogP contribution in [0.3, 0.4) is 0 Å². The number of ketones is 1. The summed E-state index contributed by atoms with van der Waals surface area (Å²) in [4.78, 5) is 11.0. The van der Waals surface area contributed by atoms with Crippen molar-refractivity contribution < 1.29 is 18.0 Å². The normalized spacial score (nSPS) is 10.8. The fraction of sp³-hybridized carbons (Fsp3) is 0.100. The summed E-state index contributed by atoms with van der Waals surface area (Å²) in [6.45, 7) is 0. The van der Waals surface area contributed by atoms with Gasteiger partial charge in [-0.05, 0) is 24.1 Å². The summed E-state index contributed by atoms with van der Waals surface area (Å²) in [7, 11) is 0. The van der Waals surface area contributed by atoms with Crippen LogP contribution in [0.4, 0.5) is 18.9 Å². The topological polar surface area (TPSA) is 43.1 Å². The molecule has 0 radical (unpaired) electrons. The van der Waals surface area contributed by atoms with E-state index in [4.69, 9.17) is 12.2 Å². The van der Waals surface area contributed by atoms with Gasteiger partial charge in [0, 0.05) is 5.69 Å². The largest absolute Gasteiger partial charge is 0.416 e. The highest BCUT2D eigenvalue weighted by atomic mass is 19.4. The Balaban J connectivity index is 3.31. The maximum Gasteiger partial charge on any atom is 0.416 e. The van der Waals surface area contributed by atoms with E-state index >= 15 is 0 Å². The van der Waals surface area contributed by atoms with Gasteiger partial charge in [-0.3, -0.25) is 4.79 Å². The zero-order chi connectivity index (χ0) is 11.6. The highest BCUT2D eigenvalue weighted by Crippen LogP contribution is 2.31. The van der Waals surface area contributed by atoms with Gasteiger partial charge in [0.25, 0.3) is 0 Å². The Kier molecular flexibility index (Phi) is 2.71. The molecule has 0 saturated carbocycles. The van der Waals surface area contributed by atoms with E-state index in [0.717, 1.165) is 12.1 Å². The minimum Gasteiger partial charge on any atom is -0.398 e. The van der Waals surface area contributed by atoms with Gasteiger partial charge in [0.05, 0.1) is 11.1 Å². The Morgan fingerprint density at radius 3 is 2.47 bits per heavy atom. The fourth-order valence-corrected chi connectivity index (χ4v) is 1.01. The molecular weight excluding hydrogens is 207 g/mol. The molecule has 0 fully saturated rings. The van der Waals surface area contributed by atoms with E-state index in [1.54, 1.807) is 5.92 Å². The molecule has 0 heterocycles. The van der Waals surface area contributed by atoms with Crippen molar-refractivity contribution >= 4 is 11.5 Å². The summed E-state index contributed by atoms with van der Waals surface area (Å²) < 4.78 is 36.8. The molecule has 2 nitrogen and oxygen atoms in total. The third-order valence-electron chi connectivity index (χ3n) is 1.76. The average Bonchev–Trinajstić information content (AvgIpc) is 2.15. The first-order valence-corrected chi connectivity index (χ1v) is 3.84. The molecule has 1 rings (SSSR count). The Morgan fingerprint density at radius 2 is 2.00 bits per heavy atom. The van der Waals surface area contributed by atoms with E-state index in [9.17, 15) is 18.0 Å². The first kappa shape index (κ1) is 11.1. The monoisotopic (exact) mass is 213 g/mol. The number of carbonyl (C=O) groups excluding carboxylic acids is 1. The van der Waals surface area contributed by atoms with Crippen molar-refractivity contribution in [3.63, 3.8) is 0 Å². The van der Waals surface area contributed by atoms with Crippen LogP contribution < -0.4 is 5.73 Å². The van der Waals surface area contributed by atoms with Crippen molar-refractivity contribution in [2.24, 2.45) is 0 Å². The molecule has 0 spiro atoms. The number of nitrogen functional groups attached to an aromatic ring is 1. The van der Waals surface area contributed by atoms with Crippen LogP contribution in [0.25, 0.3) is 0 Å². The highest BCUT2D eigenvalue weighted by Gasteiger charge is 2.31. The molecule has 0 unspecified atom stereocenters. The van der Waals surface area contributed by atoms with E-state index < -0.39 is 17.5 Å². The van der Waals surface area contributed by atoms with E-state index in [1.807, 2.05) is 0 Å². The molecule has 1 aromatic carbocycles. The molecule has 1 aromatic rings. The third kappa shape index (κ3) is 2.29. The van der Waals surface area contributed by atoms with E-state index in [2.05, 4.69) is 0 Å². The summed E-state index contributed by atoms with van der Waals surface area (Å²) in [5.74, 6) is 0.852. The van der Waals surface area contributed by atoms with E-state index in [1.165, 1.54) is 0 Å². The quantitative estimate of drug-likeness (QED) is 0.336. The lowest BCUT2D eigenvalue weighted by atomic mass is 10.1. The number of anilines is 1. The number of Topliss-reactive ketones (excluding diaryl/α,β-unsaturated/α-hetero) is 1. The molecule has 0 aromatic heterocycles. The maximum atomic E-state index is 12.3. The molecular formula is C10H6F3NO. The molecule has 0 aliphatic heterocycles. The Bertz CT molecular complexity index is 443. The first-order chi connectivity index (χ1) is 6.86. The first-order valence-electron chi connectivity index (χ1n) is 3.84. The molecule has 0 atom stereocenters. The Hall–Kier alpha value is -1.96. The number of terminal acetylenes is 1. The minimum absolute atomic E-state index is 0.0639. The van der Waals surface area contributed by atoms with Crippen LogP contribution in [0.2, 0.25) is 0 Å². The number of halogens is 3. The molecule has 0 saturated heterocycles. The van der Waals surface area contributed by atoms with Crippen molar-refractivity contribution in [1.82, 2.24) is 0 Å². The lowest BCUT2D eigenvalue weighted by molar-refractivity contribution is -0.137. The Morgan fingerprint density at radius 1 is 1.40 bits per heavy atom. The van der Waals surface area contributed by atoms with E-state index in [-0.39, 0.29) is 11.3 Å². The second-order valence-corrected chi connectivity index (χ2v) is 2.77. The lowest BCUT2D eigenvalue weighted by Crippen LogP contribution is -2.09. The predicted molar refractivity (Wildman–Crippen MR) is 49.0 cm³/mol. The van der Waals surface area contributed by atoms with Crippen molar-refractivity contribution in [2.45, 2.75) is 6.18 Å². The second-order valence-electron chi connectivity index (χ2n) is 2.77. The number of benzene rings is 1. The molecule has 5 heteroatoms. The summed E-state index contributed by atoms with van der Waals surface area (Å²) >= 11 is 0. The van der Waals surface area contributed by atoms with Crippen LogP contribution in [-0.2, 0) is 6.18 Å². The molecule has 0 amide bonds. The Labute approximate surface area is 83.9 Å². The van der Waals surface area contributed by atoms with Crippen LogP contribution in [0.5, 0.6) is 0 Å². The summed E-state index contributed by atoms with van der Waals surface area (Å²) in [6, 6.07) is 2.45. The van der Waals surface area contributed by atoms with Gasteiger partial charge in [-0.2, -0.15) is 13.2 Å². The van der Waals surface area contributed by atoms with Gasteiger partial charge in [0.1, 0.15) is 0 Å². The molecule has 0 bridgehead atoms. The average molecular weight is 213 g/mol. The van der Waals surface area contributed by atoms with Gasteiger partial charge in [0.2, 0.25) is 5.78 Å². The molecule has 78 valence electrons. The lowest BCUT2D eigenvalue weighted by Gasteiger charge is -2.08. The van der Waals surface area contributed by atoms with Crippen LogP contribution in [0.1, 0.15) is 15.9 Å². The molecule has 0 aliphatic rings. The zero-order valence-corrected chi connectivity index (χ0v) is 7.43. The number of alkyl halides is 3. The van der Waals surface area contributed by atoms with Crippen molar-refractivity contribution in [1.29, 1.82) is 0 Å². The number of hydrogen-bond acceptors (Lipinski definition) is 2. The van der Waals surface area contributed by atoms with Crippen molar-refractivity contribution in [3.8, 4) is 12.3 Å². The zero-order valence-electron chi connectivity index (χ0n) is 7.43. The summed E-state index contributed by atoms with van der Waals surface area (Å²) in [6.07, 6.45) is 0.279. The fourth-order valence-electron chi connectivity index (χ4n) is 1.01. The summed E-state index contributed by atoms with van der Waals surface area (Å²) in [5.41, 5.74) is 4.01.